The van der Waals surface area contributed by atoms with Gasteiger partial charge in [0.15, 0.2) is 0 Å². The third-order valence-electron chi connectivity index (χ3n) is 4.67. The van der Waals surface area contributed by atoms with Crippen LogP contribution in [0.1, 0.15) is 43.6 Å². The molecule has 0 saturated heterocycles. The van der Waals surface area contributed by atoms with E-state index in [1.165, 1.54) is 11.1 Å². The van der Waals surface area contributed by atoms with Crippen molar-refractivity contribution in [2.45, 2.75) is 45.4 Å². The summed E-state index contributed by atoms with van der Waals surface area (Å²) in [5, 5.41) is 0. The number of hydrogen-bond donors (Lipinski definition) is 0. The van der Waals surface area contributed by atoms with E-state index in [2.05, 4.69) is 56.1 Å². The van der Waals surface area contributed by atoms with Crippen LogP contribution in [0.15, 0.2) is 67.3 Å². The van der Waals surface area contributed by atoms with E-state index in [1.54, 1.807) is 13.3 Å². The van der Waals surface area contributed by atoms with E-state index < -0.39 is 0 Å². The summed E-state index contributed by atoms with van der Waals surface area (Å²) in [6.45, 7) is 7.93. The normalized spacial score (nSPS) is 12.7. The lowest BCUT2D eigenvalue weighted by Crippen LogP contribution is -2.14. The maximum atomic E-state index is 6.31. The summed E-state index contributed by atoms with van der Waals surface area (Å²) in [6, 6.07) is 16.7. The molecule has 0 N–H and O–H groups in total. The van der Waals surface area contributed by atoms with E-state index in [9.17, 15) is 0 Å². The lowest BCUT2D eigenvalue weighted by atomic mass is 9.86. The molecule has 1 atom stereocenters. The van der Waals surface area contributed by atoms with E-state index in [4.69, 9.17) is 9.47 Å². The number of aromatic nitrogens is 2. The van der Waals surface area contributed by atoms with Crippen molar-refractivity contribution < 1.29 is 9.47 Å². The molecule has 4 heteroatoms. The van der Waals surface area contributed by atoms with Crippen LogP contribution in [0.25, 0.3) is 0 Å². The Bertz CT molecular complexity index is 834. The zero-order chi connectivity index (χ0) is 19.3. The molecule has 3 rings (SSSR count). The number of benzene rings is 2. The van der Waals surface area contributed by atoms with Gasteiger partial charge in [-0.2, -0.15) is 0 Å². The molecule has 0 aliphatic heterocycles. The second-order valence-corrected chi connectivity index (χ2v) is 7.78. The molecular weight excluding hydrogens is 336 g/mol. The fraction of sp³-hybridized carbons (Fsp3) is 0.348. The first kappa shape index (κ1) is 19.2. The average Bonchev–Trinajstić information content (AvgIpc) is 3.18. The maximum Gasteiger partial charge on any atom is 0.119 e. The monoisotopic (exact) mass is 364 g/mol. The zero-order valence-electron chi connectivity index (χ0n) is 16.6. The van der Waals surface area contributed by atoms with Gasteiger partial charge in [0.1, 0.15) is 11.9 Å². The molecule has 0 radical (unpaired) electrons. The first-order valence-corrected chi connectivity index (χ1v) is 9.26. The molecule has 0 aliphatic carbocycles. The van der Waals surface area contributed by atoms with Crippen molar-refractivity contribution in [3.05, 3.63) is 83.9 Å². The molecule has 1 heterocycles. The quantitative estimate of drug-likeness (QED) is 0.582. The lowest BCUT2D eigenvalue weighted by molar-refractivity contribution is 0.0279. The highest BCUT2D eigenvalue weighted by molar-refractivity contribution is 5.30. The van der Waals surface area contributed by atoms with Crippen molar-refractivity contribution in [1.29, 1.82) is 0 Å². The van der Waals surface area contributed by atoms with Crippen molar-refractivity contribution in [2.75, 3.05) is 7.11 Å². The summed E-state index contributed by atoms with van der Waals surface area (Å²) < 4.78 is 13.7. The van der Waals surface area contributed by atoms with Crippen LogP contribution in [-0.2, 0) is 23.3 Å². The third kappa shape index (κ3) is 5.20. The van der Waals surface area contributed by atoms with Crippen molar-refractivity contribution in [3.63, 3.8) is 0 Å². The largest absolute Gasteiger partial charge is 0.497 e. The van der Waals surface area contributed by atoms with Crippen molar-refractivity contribution >= 4 is 0 Å². The molecule has 1 unspecified atom stereocenters. The van der Waals surface area contributed by atoms with Gasteiger partial charge in [-0.25, -0.2) is 4.98 Å². The zero-order valence-corrected chi connectivity index (χ0v) is 16.6. The van der Waals surface area contributed by atoms with Crippen LogP contribution in [0.3, 0.4) is 0 Å². The van der Waals surface area contributed by atoms with Crippen LogP contribution in [0.2, 0.25) is 0 Å². The van der Waals surface area contributed by atoms with Crippen molar-refractivity contribution in [2.24, 2.45) is 0 Å². The topological polar surface area (TPSA) is 36.3 Å². The van der Waals surface area contributed by atoms with Crippen molar-refractivity contribution in [3.8, 4) is 5.75 Å². The predicted octanol–water partition coefficient (Wildman–Crippen LogP) is 5.15. The Kier molecular flexibility index (Phi) is 5.97. The van der Waals surface area contributed by atoms with Crippen LogP contribution in [0.4, 0.5) is 0 Å². The fourth-order valence-corrected chi connectivity index (χ4v) is 3.00. The Labute approximate surface area is 161 Å². The van der Waals surface area contributed by atoms with Gasteiger partial charge in [-0.05, 0) is 34.2 Å². The van der Waals surface area contributed by atoms with Gasteiger partial charge in [-0.1, -0.05) is 57.2 Å². The van der Waals surface area contributed by atoms with E-state index in [0.717, 1.165) is 17.9 Å². The Morgan fingerprint density at radius 3 is 2.48 bits per heavy atom. The van der Waals surface area contributed by atoms with E-state index >= 15 is 0 Å². The summed E-state index contributed by atoms with van der Waals surface area (Å²) in [4.78, 5) is 4.15. The molecule has 142 valence electrons. The molecule has 0 spiro atoms. The second kappa shape index (κ2) is 8.40. The summed E-state index contributed by atoms with van der Waals surface area (Å²) >= 11 is 0. The Balaban J connectivity index is 1.78. The van der Waals surface area contributed by atoms with Gasteiger partial charge in [-0.15, -0.1) is 0 Å². The lowest BCUT2D eigenvalue weighted by Gasteiger charge is -2.22. The number of nitrogens with zero attached hydrogens (tertiary/aromatic N) is 2. The number of hydrogen-bond acceptors (Lipinski definition) is 3. The van der Waals surface area contributed by atoms with Crippen LogP contribution in [0.5, 0.6) is 5.75 Å². The smallest absolute Gasteiger partial charge is 0.119 e. The number of imidazole rings is 1. The molecule has 2 aromatic carbocycles. The van der Waals surface area contributed by atoms with Gasteiger partial charge in [0.2, 0.25) is 0 Å². The minimum Gasteiger partial charge on any atom is -0.497 e. The standard InChI is InChI=1S/C23H28N2O2/c1-23(2,3)20-10-8-19(9-11-20)22(15-25-13-12-24-17-25)27-16-18-6-5-7-21(14-18)26-4/h5-14,17,22H,15-16H2,1-4H3. The molecule has 3 aromatic rings. The Morgan fingerprint density at radius 1 is 1.07 bits per heavy atom. The summed E-state index contributed by atoms with van der Waals surface area (Å²) in [5.74, 6) is 0.844. The number of methoxy groups -OCH3 is 1. The molecule has 0 bridgehead atoms. The highest BCUT2D eigenvalue weighted by atomic mass is 16.5. The molecule has 4 nitrogen and oxygen atoms in total. The molecular formula is C23H28N2O2. The Hall–Kier alpha value is -2.59. The minimum atomic E-state index is -0.0561. The van der Waals surface area contributed by atoms with Gasteiger partial charge >= 0.3 is 0 Å². The third-order valence-corrected chi connectivity index (χ3v) is 4.67. The number of ether oxygens (including phenoxy) is 2. The summed E-state index contributed by atoms with van der Waals surface area (Å²) in [7, 11) is 1.68. The minimum absolute atomic E-state index is 0.0561. The van der Waals surface area contributed by atoms with Crippen molar-refractivity contribution in [1.82, 2.24) is 9.55 Å². The first-order valence-electron chi connectivity index (χ1n) is 9.26. The van der Waals surface area contributed by atoms with Gasteiger partial charge in [0.05, 0.1) is 26.6 Å². The maximum absolute atomic E-state index is 6.31. The summed E-state index contributed by atoms with van der Waals surface area (Å²) in [5.41, 5.74) is 3.72. The highest BCUT2D eigenvalue weighted by Gasteiger charge is 2.17. The second-order valence-electron chi connectivity index (χ2n) is 7.78. The van der Waals surface area contributed by atoms with Crippen LogP contribution in [0, 0.1) is 0 Å². The van der Waals surface area contributed by atoms with E-state index in [0.29, 0.717) is 6.61 Å². The highest BCUT2D eigenvalue weighted by Crippen LogP contribution is 2.27. The van der Waals surface area contributed by atoms with E-state index in [1.807, 2.05) is 35.3 Å². The molecule has 0 aliphatic rings. The van der Waals surface area contributed by atoms with Crippen LogP contribution >= 0.6 is 0 Å². The molecule has 0 saturated carbocycles. The average molecular weight is 364 g/mol. The van der Waals surface area contributed by atoms with Crippen LogP contribution < -0.4 is 4.74 Å². The van der Waals surface area contributed by atoms with Gasteiger partial charge in [-0.3, -0.25) is 0 Å². The number of rotatable bonds is 7. The molecule has 27 heavy (non-hydrogen) atoms. The fourth-order valence-electron chi connectivity index (χ4n) is 3.00. The van der Waals surface area contributed by atoms with E-state index in [-0.39, 0.29) is 11.5 Å². The Morgan fingerprint density at radius 2 is 1.85 bits per heavy atom. The molecule has 0 fully saturated rings. The van der Waals surface area contributed by atoms with Gasteiger partial charge in [0.25, 0.3) is 0 Å². The molecule has 0 amide bonds. The van der Waals surface area contributed by atoms with Crippen LogP contribution in [-0.4, -0.2) is 16.7 Å². The van der Waals surface area contributed by atoms with Gasteiger partial charge < -0.3 is 14.0 Å². The molecule has 1 aromatic heterocycles. The predicted molar refractivity (Wildman–Crippen MR) is 108 cm³/mol. The van der Waals surface area contributed by atoms with Gasteiger partial charge in [0, 0.05) is 12.4 Å². The SMILES string of the molecule is COc1cccc(COC(Cn2ccnc2)c2ccc(C(C)(C)C)cc2)c1. The summed E-state index contributed by atoms with van der Waals surface area (Å²) in [6.07, 6.45) is 5.53. The first-order chi connectivity index (χ1) is 13.0.